The molecule has 1 N–H and O–H groups in total. The highest BCUT2D eigenvalue weighted by Gasteiger charge is 2.19. The standard InChI is InChI=1S/C28H21BrN4O2/c1-19-7-15-23(16-8-19)33-27(20-9-11-21(29)12-10-20)31-26(32-33)28(34)30-22-13-17-25(18-14-22)35-24-5-3-2-4-6-24/h2-18H,1H3,(H,30,34). The second kappa shape index (κ2) is 9.95. The highest BCUT2D eigenvalue weighted by Crippen LogP contribution is 2.25. The Morgan fingerprint density at radius 3 is 2.17 bits per heavy atom. The zero-order valence-corrected chi connectivity index (χ0v) is 20.4. The molecule has 0 unspecified atom stereocenters. The molecule has 0 spiro atoms. The van der Waals surface area contributed by atoms with Gasteiger partial charge in [0.05, 0.1) is 5.69 Å². The average Bonchev–Trinajstić information content (AvgIpc) is 3.32. The third kappa shape index (κ3) is 5.31. The highest BCUT2D eigenvalue weighted by molar-refractivity contribution is 9.10. The maximum atomic E-state index is 13.0. The number of aryl methyl sites for hydroxylation is 1. The summed E-state index contributed by atoms with van der Waals surface area (Å²) in [6.45, 7) is 2.02. The SMILES string of the molecule is Cc1ccc(-n2nc(C(=O)Nc3ccc(Oc4ccccc4)cc3)nc2-c2ccc(Br)cc2)cc1. The quantitative estimate of drug-likeness (QED) is 0.258. The minimum Gasteiger partial charge on any atom is -0.457 e. The van der Waals surface area contributed by atoms with Gasteiger partial charge >= 0.3 is 0 Å². The van der Waals surface area contributed by atoms with Gasteiger partial charge in [-0.15, -0.1) is 5.10 Å². The zero-order valence-electron chi connectivity index (χ0n) is 18.9. The fourth-order valence-corrected chi connectivity index (χ4v) is 3.74. The van der Waals surface area contributed by atoms with E-state index in [9.17, 15) is 4.79 Å². The van der Waals surface area contributed by atoms with Gasteiger partial charge in [-0.25, -0.2) is 9.67 Å². The number of benzene rings is 4. The molecule has 0 aliphatic rings. The maximum Gasteiger partial charge on any atom is 0.295 e. The lowest BCUT2D eigenvalue weighted by Crippen LogP contribution is -2.14. The van der Waals surface area contributed by atoms with Crippen LogP contribution in [0.25, 0.3) is 17.1 Å². The molecule has 5 rings (SSSR count). The van der Waals surface area contributed by atoms with Crippen LogP contribution in [0, 0.1) is 6.92 Å². The van der Waals surface area contributed by atoms with E-state index >= 15 is 0 Å². The molecule has 1 aromatic heterocycles. The molecule has 0 aliphatic carbocycles. The van der Waals surface area contributed by atoms with Crippen LogP contribution in [0.1, 0.15) is 16.2 Å². The number of carbonyl (C=O) groups is 1. The van der Waals surface area contributed by atoms with Crippen LogP contribution in [0.3, 0.4) is 0 Å². The molecule has 6 nitrogen and oxygen atoms in total. The molecule has 172 valence electrons. The molecule has 0 saturated carbocycles. The summed E-state index contributed by atoms with van der Waals surface area (Å²) in [6.07, 6.45) is 0. The zero-order chi connectivity index (χ0) is 24.2. The van der Waals surface area contributed by atoms with E-state index in [0.717, 1.165) is 27.0 Å². The lowest BCUT2D eigenvalue weighted by molar-refractivity contribution is 0.101. The van der Waals surface area contributed by atoms with Crippen LogP contribution in [0.15, 0.2) is 108 Å². The van der Waals surface area contributed by atoms with Gasteiger partial charge < -0.3 is 10.1 Å². The molecule has 0 saturated heterocycles. The number of hydrogen-bond acceptors (Lipinski definition) is 4. The molecule has 0 bridgehead atoms. The van der Waals surface area contributed by atoms with Crippen LogP contribution in [-0.4, -0.2) is 20.7 Å². The number of hydrogen-bond donors (Lipinski definition) is 1. The van der Waals surface area contributed by atoms with Crippen molar-refractivity contribution in [2.24, 2.45) is 0 Å². The Bertz CT molecular complexity index is 1380. The Morgan fingerprint density at radius 1 is 0.829 bits per heavy atom. The number of rotatable bonds is 6. The number of carbonyl (C=O) groups excluding carboxylic acids is 1. The molecule has 7 heteroatoms. The van der Waals surface area contributed by atoms with Crippen molar-refractivity contribution in [2.45, 2.75) is 6.92 Å². The van der Waals surface area contributed by atoms with E-state index in [1.165, 1.54) is 0 Å². The summed E-state index contributed by atoms with van der Waals surface area (Å²) in [5.41, 5.74) is 3.43. The number of para-hydroxylation sites is 1. The predicted octanol–water partition coefficient (Wildman–Crippen LogP) is 7.05. The van der Waals surface area contributed by atoms with Gasteiger partial charge in [-0.05, 0) is 67.6 Å². The van der Waals surface area contributed by atoms with Gasteiger partial charge in [0.25, 0.3) is 5.91 Å². The van der Waals surface area contributed by atoms with Gasteiger partial charge in [0, 0.05) is 15.7 Å². The average molecular weight is 525 g/mol. The van der Waals surface area contributed by atoms with Crippen LogP contribution in [0.4, 0.5) is 5.69 Å². The molecular weight excluding hydrogens is 504 g/mol. The first-order valence-electron chi connectivity index (χ1n) is 11.0. The normalized spacial score (nSPS) is 10.7. The van der Waals surface area contributed by atoms with Crippen molar-refractivity contribution in [3.63, 3.8) is 0 Å². The first kappa shape index (κ1) is 22.6. The topological polar surface area (TPSA) is 69.0 Å². The van der Waals surface area contributed by atoms with Crippen molar-refractivity contribution in [3.05, 3.63) is 119 Å². The van der Waals surface area contributed by atoms with Crippen molar-refractivity contribution >= 4 is 27.5 Å². The Labute approximate surface area is 211 Å². The predicted molar refractivity (Wildman–Crippen MR) is 140 cm³/mol. The maximum absolute atomic E-state index is 13.0. The van der Waals surface area contributed by atoms with Crippen LogP contribution in [0.5, 0.6) is 11.5 Å². The molecule has 35 heavy (non-hydrogen) atoms. The lowest BCUT2D eigenvalue weighted by atomic mass is 10.2. The first-order valence-corrected chi connectivity index (χ1v) is 11.8. The molecule has 0 radical (unpaired) electrons. The van der Waals surface area contributed by atoms with Crippen molar-refractivity contribution in [2.75, 3.05) is 5.32 Å². The first-order chi connectivity index (χ1) is 17.0. The second-order valence-corrected chi connectivity index (χ2v) is 8.82. The highest BCUT2D eigenvalue weighted by atomic mass is 79.9. The monoisotopic (exact) mass is 524 g/mol. The van der Waals surface area contributed by atoms with Gasteiger partial charge in [0.15, 0.2) is 5.82 Å². The van der Waals surface area contributed by atoms with Crippen LogP contribution in [-0.2, 0) is 0 Å². The molecule has 1 heterocycles. The summed E-state index contributed by atoms with van der Waals surface area (Å²) in [7, 11) is 0. The Balaban J connectivity index is 1.40. The van der Waals surface area contributed by atoms with Crippen molar-refractivity contribution in [1.29, 1.82) is 0 Å². The smallest absolute Gasteiger partial charge is 0.295 e. The second-order valence-electron chi connectivity index (χ2n) is 7.91. The summed E-state index contributed by atoms with van der Waals surface area (Å²) < 4.78 is 8.46. The summed E-state index contributed by atoms with van der Waals surface area (Å²) in [4.78, 5) is 17.6. The van der Waals surface area contributed by atoms with E-state index in [1.54, 1.807) is 28.9 Å². The number of nitrogens with zero attached hydrogens (tertiary/aromatic N) is 3. The van der Waals surface area contributed by atoms with E-state index < -0.39 is 5.91 Å². The number of nitrogens with one attached hydrogen (secondary N) is 1. The molecule has 0 atom stereocenters. The number of aromatic nitrogens is 3. The number of anilines is 1. The number of ether oxygens (including phenoxy) is 1. The number of amides is 1. The summed E-state index contributed by atoms with van der Waals surface area (Å²) in [6, 6.07) is 32.3. The number of halogens is 1. The summed E-state index contributed by atoms with van der Waals surface area (Å²) in [5, 5.41) is 7.41. The van der Waals surface area contributed by atoms with E-state index in [1.807, 2.05) is 85.8 Å². The Hall–Kier alpha value is -4.23. The molecular formula is C28H21BrN4O2. The Kier molecular flexibility index (Phi) is 6.41. The van der Waals surface area contributed by atoms with Gasteiger partial charge in [0.1, 0.15) is 11.5 Å². The van der Waals surface area contributed by atoms with Crippen molar-refractivity contribution in [1.82, 2.24) is 14.8 Å². The largest absolute Gasteiger partial charge is 0.457 e. The molecule has 0 fully saturated rings. The lowest BCUT2D eigenvalue weighted by Gasteiger charge is -2.07. The third-order valence-electron chi connectivity index (χ3n) is 5.28. The minimum absolute atomic E-state index is 0.0769. The van der Waals surface area contributed by atoms with Gasteiger partial charge in [0.2, 0.25) is 5.82 Å². The van der Waals surface area contributed by atoms with E-state index in [-0.39, 0.29) is 5.82 Å². The molecule has 5 aromatic rings. The molecule has 4 aromatic carbocycles. The van der Waals surface area contributed by atoms with Gasteiger partial charge in [-0.3, -0.25) is 4.79 Å². The summed E-state index contributed by atoms with van der Waals surface area (Å²) in [5.74, 6) is 1.68. The van der Waals surface area contributed by atoms with Crippen LogP contribution < -0.4 is 10.1 Å². The van der Waals surface area contributed by atoms with Crippen LogP contribution >= 0.6 is 15.9 Å². The minimum atomic E-state index is -0.397. The molecule has 0 aliphatic heterocycles. The van der Waals surface area contributed by atoms with E-state index in [4.69, 9.17) is 4.74 Å². The van der Waals surface area contributed by atoms with Gasteiger partial charge in [-0.2, -0.15) is 0 Å². The van der Waals surface area contributed by atoms with Crippen LogP contribution in [0.2, 0.25) is 0 Å². The fraction of sp³-hybridized carbons (Fsp3) is 0.0357. The third-order valence-corrected chi connectivity index (χ3v) is 5.81. The van der Waals surface area contributed by atoms with Crippen molar-refractivity contribution < 1.29 is 9.53 Å². The van der Waals surface area contributed by atoms with E-state index in [2.05, 4.69) is 31.3 Å². The fourth-order valence-electron chi connectivity index (χ4n) is 3.48. The Morgan fingerprint density at radius 2 is 1.49 bits per heavy atom. The van der Waals surface area contributed by atoms with Crippen molar-refractivity contribution in [3.8, 4) is 28.6 Å². The molecule has 1 amide bonds. The summed E-state index contributed by atoms with van der Waals surface area (Å²) >= 11 is 3.46. The van der Waals surface area contributed by atoms with E-state index in [0.29, 0.717) is 17.3 Å². The van der Waals surface area contributed by atoms with Gasteiger partial charge in [-0.1, -0.05) is 64.0 Å².